The van der Waals surface area contributed by atoms with Crippen molar-refractivity contribution >= 4 is 50.6 Å². The van der Waals surface area contributed by atoms with Crippen LogP contribution < -0.4 is 23.7 Å². The van der Waals surface area contributed by atoms with Gasteiger partial charge in [0.2, 0.25) is 0 Å². The van der Waals surface area contributed by atoms with Crippen LogP contribution in [0.5, 0.6) is 11.5 Å². The minimum Gasteiger partial charge on any atom is -0.777 e. The van der Waals surface area contributed by atoms with Crippen LogP contribution in [0, 0.1) is 17.1 Å². The number of halogens is 2. The zero-order valence-corrected chi connectivity index (χ0v) is 23.9. The second-order valence-electron chi connectivity index (χ2n) is 8.34. The molecule has 0 aliphatic rings. The van der Waals surface area contributed by atoms with Gasteiger partial charge in [-0.1, -0.05) is 12.1 Å². The van der Waals surface area contributed by atoms with Gasteiger partial charge in [-0.25, -0.2) is 17.4 Å². The number of benzene rings is 2. The quantitative estimate of drug-likeness (QED) is 0.138. The summed E-state index contributed by atoms with van der Waals surface area (Å²) in [7, 11) is -9.93. The molecule has 0 aliphatic heterocycles. The SMILES string of the molecule is N#Cc1ccc(C(NS(=O)(=O)c2cc3cc(OCC[n+]4ccccc4)c(OCCCl)cc3s2)P(=O)([O-])O)cc1F. The minimum absolute atomic E-state index is 0.174. The number of rotatable bonds is 12. The highest BCUT2D eigenvalue weighted by Gasteiger charge is 2.30. The largest absolute Gasteiger partial charge is 0.777 e. The van der Waals surface area contributed by atoms with Gasteiger partial charge in [-0.2, -0.15) is 9.98 Å². The van der Waals surface area contributed by atoms with Gasteiger partial charge < -0.3 is 23.8 Å². The Hall–Kier alpha value is -3.08. The van der Waals surface area contributed by atoms with Crippen molar-refractivity contribution in [1.29, 1.82) is 5.26 Å². The fourth-order valence-corrected chi connectivity index (χ4v) is 7.74. The first-order valence-electron chi connectivity index (χ1n) is 11.6. The molecule has 210 valence electrons. The summed E-state index contributed by atoms with van der Waals surface area (Å²) in [5.74, 6) is -2.35. The van der Waals surface area contributed by atoms with E-state index in [4.69, 9.17) is 26.3 Å². The Morgan fingerprint density at radius 2 is 1.85 bits per heavy atom. The number of thiophene rings is 1. The topological polar surface area (TPSA) is 153 Å². The molecule has 0 saturated carbocycles. The molecule has 2 heterocycles. The van der Waals surface area contributed by atoms with E-state index in [1.165, 1.54) is 6.07 Å². The molecule has 40 heavy (non-hydrogen) atoms. The lowest BCUT2D eigenvalue weighted by atomic mass is 10.1. The van der Waals surface area contributed by atoms with Gasteiger partial charge in [-0.15, -0.1) is 22.9 Å². The van der Waals surface area contributed by atoms with Gasteiger partial charge in [0.05, 0.1) is 11.4 Å². The average Bonchev–Trinajstić information content (AvgIpc) is 3.34. The highest BCUT2D eigenvalue weighted by molar-refractivity contribution is 7.92. The van der Waals surface area contributed by atoms with E-state index in [0.29, 0.717) is 34.2 Å². The van der Waals surface area contributed by atoms with E-state index in [9.17, 15) is 27.2 Å². The molecule has 2 N–H and O–H groups in total. The van der Waals surface area contributed by atoms with E-state index in [1.807, 2.05) is 39.9 Å². The summed E-state index contributed by atoms with van der Waals surface area (Å²) in [5.41, 5.74) is -0.771. The molecule has 0 spiro atoms. The van der Waals surface area contributed by atoms with Crippen LogP contribution in [0.15, 0.2) is 71.2 Å². The van der Waals surface area contributed by atoms with Crippen LogP contribution in [-0.4, -0.2) is 32.4 Å². The number of fused-ring (bicyclic) bond motifs is 1. The number of nitriles is 1. The number of hydrogen-bond donors (Lipinski definition) is 2. The first-order chi connectivity index (χ1) is 19.0. The summed E-state index contributed by atoms with van der Waals surface area (Å²) in [4.78, 5) is 21.9. The Balaban J connectivity index is 1.64. The van der Waals surface area contributed by atoms with Crippen molar-refractivity contribution in [3.8, 4) is 17.6 Å². The van der Waals surface area contributed by atoms with Crippen molar-refractivity contribution < 1.29 is 41.2 Å². The number of aromatic nitrogens is 1. The zero-order chi connectivity index (χ0) is 28.9. The van der Waals surface area contributed by atoms with E-state index in [1.54, 1.807) is 18.2 Å². The fraction of sp³-hybridized carbons (Fsp3) is 0.200. The third-order valence-electron chi connectivity index (χ3n) is 5.57. The predicted molar refractivity (Wildman–Crippen MR) is 144 cm³/mol. The van der Waals surface area contributed by atoms with E-state index < -0.39 is 34.8 Å². The first-order valence-corrected chi connectivity index (χ1v) is 16.1. The second kappa shape index (κ2) is 12.6. The Morgan fingerprint density at radius 1 is 1.15 bits per heavy atom. The van der Waals surface area contributed by atoms with Gasteiger partial charge in [0.25, 0.3) is 10.0 Å². The lowest BCUT2D eigenvalue weighted by Crippen LogP contribution is -2.35. The van der Waals surface area contributed by atoms with Crippen molar-refractivity contribution in [1.82, 2.24) is 4.72 Å². The minimum atomic E-state index is -5.40. The van der Waals surface area contributed by atoms with E-state index in [2.05, 4.69) is 0 Å². The van der Waals surface area contributed by atoms with Crippen LogP contribution in [0.25, 0.3) is 10.1 Å². The highest BCUT2D eigenvalue weighted by atomic mass is 35.5. The van der Waals surface area contributed by atoms with Gasteiger partial charge in [0.15, 0.2) is 38.0 Å². The Kier molecular flexibility index (Phi) is 9.43. The maximum Gasteiger partial charge on any atom is 0.251 e. The first kappa shape index (κ1) is 29.9. The summed E-state index contributed by atoms with van der Waals surface area (Å²) in [6.07, 6.45) is 3.76. The number of hydrogen-bond acceptors (Lipinski definition) is 8. The predicted octanol–water partition coefficient (Wildman–Crippen LogP) is 3.42. The fourth-order valence-electron chi connectivity index (χ4n) is 3.69. The summed E-state index contributed by atoms with van der Waals surface area (Å²) in [6.45, 7) is 0.994. The second-order valence-corrected chi connectivity index (χ2v) is 13.4. The van der Waals surface area contributed by atoms with E-state index >= 15 is 0 Å². The third-order valence-corrected chi connectivity index (χ3v) is 9.97. The molecule has 2 aromatic heterocycles. The number of pyridine rings is 1. The van der Waals surface area contributed by atoms with Gasteiger partial charge in [-0.05, 0) is 35.2 Å². The van der Waals surface area contributed by atoms with Crippen molar-refractivity contribution in [3.05, 3.63) is 83.9 Å². The average molecular weight is 626 g/mol. The van der Waals surface area contributed by atoms with Crippen LogP contribution >= 0.6 is 30.5 Å². The molecule has 4 rings (SSSR count). The Bertz CT molecular complexity index is 1710. The molecular formula is C25H22ClFN3O7PS2. The molecular weight excluding hydrogens is 604 g/mol. The molecule has 0 amide bonds. The van der Waals surface area contributed by atoms with Gasteiger partial charge in [-0.3, -0.25) is 0 Å². The van der Waals surface area contributed by atoms with Crippen molar-refractivity contribution in [2.45, 2.75) is 16.5 Å². The number of ether oxygens (including phenoxy) is 2. The maximum atomic E-state index is 14.1. The van der Waals surface area contributed by atoms with Gasteiger partial charge >= 0.3 is 0 Å². The summed E-state index contributed by atoms with van der Waals surface area (Å²) in [5, 5.41) is 9.38. The molecule has 0 aliphatic carbocycles. The zero-order valence-electron chi connectivity index (χ0n) is 20.6. The van der Waals surface area contributed by atoms with Crippen LogP contribution in [0.3, 0.4) is 0 Å². The molecule has 0 saturated heterocycles. The highest BCUT2D eigenvalue weighted by Crippen LogP contribution is 2.47. The number of alkyl halides is 1. The number of sulfonamides is 1. The Morgan fingerprint density at radius 3 is 2.50 bits per heavy atom. The monoisotopic (exact) mass is 625 g/mol. The van der Waals surface area contributed by atoms with Crippen LogP contribution in [0.1, 0.15) is 16.9 Å². The summed E-state index contributed by atoms with van der Waals surface area (Å²) >= 11 is 6.60. The summed E-state index contributed by atoms with van der Waals surface area (Å²) in [6, 6.07) is 14.4. The van der Waals surface area contributed by atoms with Crippen molar-refractivity contribution in [2.75, 3.05) is 19.1 Å². The van der Waals surface area contributed by atoms with Gasteiger partial charge in [0.1, 0.15) is 35.1 Å². The molecule has 0 radical (unpaired) electrons. The van der Waals surface area contributed by atoms with Crippen molar-refractivity contribution in [2.24, 2.45) is 0 Å². The van der Waals surface area contributed by atoms with Crippen LogP contribution in [0.4, 0.5) is 4.39 Å². The molecule has 2 atom stereocenters. The molecule has 4 aromatic rings. The van der Waals surface area contributed by atoms with Crippen molar-refractivity contribution in [3.63, 3.8) is 0 Å². The Labute approximate surface area is 238 Å². The van der Waals surface area contributed by atoms with E-state index in [-0.39, 0.29) is 28.9 Å². The summed E-state index contributed by atoms with van der Waals surface area (Å²) < 4.78 is 68.4. The molecule has 0 bridgehead atoms. The molecule has 2 unspecified atom stereocenters. The lowest BCUT2D eigenvalue weighted by Gasteiger charge is -2.28. The molecule has 15 heteroatoms. The standard InChI is InChI=1S/C25H22ClFN3O7PS2/c26-6-10-36-22-15-23-19(13-21(22)37-11-9-30-7-2-1-3-8-30)14-24(39-23)40(34,35)29-25(38(31,32)33)17-4-5-18(16-28)20(27)12-17/h1-5,7-8,12-15,25,29H,6,9-11H2,(H-,31,32,33). The van der Waals surface area contributed by atoms with E-state index in [0.717, 1.165) is 23.5 Å². The molecule has 10 nitrogen and oxygen atoms in total. The van der Waals surface area contributed by atoms with Gasteiger partial charge in [0, 0.05) is 22.9 Å². The van der Waals surface area contributed by atoms with Crippen LogP contribution in [0.2, 0.25) is 0 Å². The molecule has 2 aromatic carbocycles. The smallest absolute Gasteiger partial charge is 0.251 e. The molecule has 0 fully saturated rings. The lowest BCUT2D eigenvalue weighted by molar-refractivity contribution is -0.697. The normalized spacial score (nSPS) is 13.9. The number of nitrogens with one attached hydrogen (secondary N) is 1. The maximum absolute atomic E-state index is 14.1. The van der Waals surface area contributed by atoms with Crippen LogP contribution in [-0.2, 0) is 21.1 Å². The third kappa shape index (κ3) is 7.16. The number of nitrogens with zero attached hydrogens (tertiary/aromatic N) is 2.